The van der Waals surface area contributed by atoms with Crippen LogP contribution >= 0.6 is 24.8 Å². The number of rotatable bonds is 3. The van der Waals surface area contributed by atoms with Crippen LogP contribution in [0.5, 0.6) is 5.75 Å². The van der Waals surface area contributed by atoms with Gasteiger partial charge in [0.1, 0.15) is 5.75 Å². The lowest BCUT2D eigenvalue weighted by molar-refractivity contribution is 0.373. The number of nitrogens with two attached hydrogens (primary N) is 1. The Morgan fingerprint density at radius 1 is 1.35 bits per heavy atom. The van der Waals surface area contributed by atoms with E-state index in [2.05, 4.69) is 6.07 Å². The number of nitrogens with zero attached hydrogens (tertiary/aromatic N) is 2. The van der Waals surface area contributed by atoms with Crippen molar-refractivity contribution in [3.8, 4) is 11.8 Å². The van der Waals surface area contributed by atoms with Crippen molar-refractivity contribution in [2.24, 2.45) is 0 Å². The van der Waals surface area contributed by atoms with Gasteiger partial charge in [-0.1, -0.05) is 0 Å². The molecule has 0 saturated heterocycles. The average Bonchev–Trinajstić information content (AvgIpc) is 2.16. The van der Waals surface area contributed by atoms with Crippen LogP contribution in [0, 0.1) is 11.3 Å². The zero-order valence-electron chi connectivity index (χ0n) is 10.1. The predicted molar refractivity (Wildman–Crippen MR) is 74.0 cm³/mol. The number of hydrogen-bond acceptors (Lipinski definition) is 4. The van der Waals surface area contributed by atoms with Crippen LogP contribution in [0.1, 0.15) is 11.1 Å². The quantitative estimate of drug-likeness (QED) is 0.860. The number of halogens is 2. The minimum absolute atomic E-state index is 0. The summed E-state index contributed by atoms with van der Waals surface area (Å²) in [5, 5.41) is 8.82. The van der Waals surface area contributed by atoms with E-state index in [0.29, 0.717) is 23.5 Å². The maximum atomic E-state index is 8.82. The molecule has 6 heteroatoms. The van der Waals surface area contributed by atoms with E-state index in [1.165, 1.54) is 0 Å². The minimum Gasteiger partial charge on any atom is -0.494 e. The molecule has 0 heterocycles. The van der Waals surface area contributed by atoms with Gasteiger partial charge in [0.15, 0.2) is 0 Å². The van der Waals surface area contributed by atoms with E-state index in [4.69, 9.17) is 15.7 Å². The Morgan fingerprint density at radius 3 is 2.35 bits per heavy atom. The highest BCUT2D eigenvalue weighted by atomic mass is 35.5. The molecule has 96 valence electrons. The molecule has 0 fully saturated rings. The first-order valence-corrected chi connectivity index (χ1v) is 4.59. The van der Waals surface area contributed by atoms with Crippen molar-refractivity contribution in [1.82, 2.24) is 4.90 Å². The van der Waals surface area contributed by atoms with Crippen molar-refractivity contribution < 1.29 is 4.74 Å². The first-order valence-electron chi connectivity index (χ1n) is 4.59. The second kappa shape index (κ2) is 8.02. The summed E-state index contributed by atoms with van der Waals surface area (Å²) in [6.07, 6.45) is 0. The first kappa shape index (κ1) is 18.2. The number of nitrogen functional groups attached to an aromatic ring is 1. The smallest absolute Gasteiger partial charge is 0.146 e. The zero-order valence-corrected chi connectivity index (χ0v) is 11.7. The summed E-state index contributed by atoms with van der Waals surface area (Å²) in [5.41, 5.74) is 7.79. The van der Waals surface area contributed by atoms with Crippen LogP contribution in [0.4, 0.5) is 5.69 Å². The summed E-state index contributed by atoms with van der Waals surface area (Å²) in [4.78, 5) is 2.00. The second-order valence-electron chi connectivity index (χ2n) is 3.61. The van der Waals surface area contributed by atoms with E-state index in [1.807, 2.05) is 19.0 Å². The molecular weight excluding hydrogens is 261 g/mol. The van der Waals surface area contributed by atoms with Crippen LogP contribution in [-0.2, 0) is 6.54 Å². The number of methoxy groups -OCH3 is 1. The predicted octanol–water partition coefficient (Wildman–Crippen LogP) is 2.05. The lowest BCUT2D eigenvalue weighted by Gasteiger charge is -2.15. The van der Waals surface area contributed by atoms with E-state index in [9.17, 15) is 0 Å². The summed E-state index contributed by atoms with van der Waals surface area (Å²) in [5.74, 6) is 0.655. The number of benzene rings is 1. The van der Waals surface area contributed by atoms with Gasteiger partial charge in [0.25, 0.3) is 0 Å². The third-order valence-corrected chi connectivity index (χ3v) is 2.01. The molecule has 0 aliphatic heterocycles. The largest absolute Gasteiger partial charge is 0.494 e. The van der Waals surface area contributed by atoms with Crippen LogP contribution in [-0.4, -0.2) is 26.1 Å². The highest BCUT2D eigenvalue weighted by Gasteiger charge is 2.10. The van der Waals surface area contributed by atoms with Gasteiger partial charge in [-0.25, -0.2) is 0 Å². The van der Waals surface area contributed by atoms with Gasteiger partial charge in [0.05, 0.1) is 24.4 Å². The van der Waals surface area contributed by atoms with Crippen molar-refractivity contribution in [3.63, 3.8) is 0 Å². The molecule has 0 bridgehead atoms. The SMILES string of the molecule is COc1c(N)cc(C#N)cc1CN(C)C.Cl.Cl. The van der Waals surface area contributed by atoms with Crippen LogP contribution in [0.2, 0.25) is 0 Å². The van der Waals surface area contributed by atoms with Gasteiger partial charge in [0.2, 0.25) is 0 Å². The molecule has 1 rings (SSSR count). The van der Waals surface area contributed by atoms with Gasteiger partial charge in [-0.2, -0.15) is 5.26 Å². The number of anilines is 1. The molecule has 0 atom stereocenters. The molecule has 4 nitrogen and oxygen atoms in total. The molecule has 1 aromatic carbocycles. The summed E-state index contributed by atoms with van der Waals surface area (Å²) in [6.45, 7) is 0.697. The molecule has 0 saturated carbocycles. The Hall–Kier alpha value is -1.15. The number of ether oxygens (including phenoxy) is 1. The molecule has 1 aromatic rings. The summed E-state index contributed by atoms with van der Waals surface area (Å²) in [7, 11) is 5.49. The van der Waals surface area contributed by atoms with Gasteiger partial charge >= 0.3 is 0 Å². The summed E-state index contributed by atoms with van der Waals surface area (Å²) in [6, 6.07) is 5.50. The fourth-order valence-corrected chi connectivity index (χ4v) is 1.49. The van der Waals surface area contributed by atoms with Crippen molar-refractivity contribution in [3.05, 3.63) is 23.3 Å². The lowest BCUT2D eigenvalue weighted by atomic mass is 10.1. The summed E-state index contributed by atoms with van der Waals surface area (Å²) >= 11 is 0. The molecule has 0 aliphatic rings. The average molecular weight is 278 g/mol. The minimum atomic E-state index is 0. The Labute approximate surface area is 114 Å². The molecule has 0 spiro atoms. The second-order valence-corrected chi connectivity index (χ2v) is 3.61. The Balaban J connectivity index is 0. The van der Waals surface area contributed by atoms with Crippen LogP contribution in [0.3, 0.4) is 0 Å². The standard InChI is InChI=1S/C11H15N3O.2ClH/c1-14(2)7-9-4-8(6-12)5-10(13)11(9)15-3;;/h4-5H,7,13H2,1-3H3;2*1H. The van der Waals surface area contributed by atoms with Crippen LogP contribution in [0.15, 0.2) is 12.1 Å². The monoisotopic (exact) mass is 277 g/mol. The zero-order chi connectivity index (χ0) is 11.4. The van der Waals surface area contributed by atoms with Gasteiger partial charge in [-0.3, -0.25) is 0 Å². The van der Waals surface area contributed by atoms with E-state index in [1.54, 1.807) is 19.2 Å². The molecular formula is C11H17Cl2N3O. The van der Waals surface area contributed by atoms with E-state index < -0.39 is 0 Å². The van der Waals surface area contributed by atoms with E-state index in [0.717, 1.165) is 5.56 Å². The molecule has 17 heavy (non-hydrogen) atoms. The third kappa shape index (κ3) is 4.70. The number of nitriles is 1. The van der Waals surface area contributed by atoms with Crippen molar-refractivity contribution in [1.29, 1.82) is 5.26 Å². The Kier molecular flexibility index (Phi) is 8.59. The maximum absolute atomic E-state index is 8.82. The first-order chi connectivity index (χ1) is 7.08. The van der Waals surface area contributed by atoms with Crippen LogP contribution < -0.4 is 10.5 Å². The normalized spacial score (nSPS) is 8.88. The maximum Gasteiger partial charge on any atom is 0.146 e. The highest BCUT2D eigenvalue weighted by molar-refractivity contribution is 5.85. The van der Waals surface area contributed by atoms with Gasteiger partial charge in [-0.15, -0.1) is 24.8 Å². The fraction of sp³-hybridized carbons (Fsp3) is 0.364. The third-order valence-electron chi connectivity index (χ3n) is 2.01. The molecule has 0 amide bonds. The van der Waals surface area contributed by atoms with Gasteiger partial charge < -0.3 is 15.4 Å². The topological polar surface area (TPSA) is 62.3 Å². The molecule has 0 radical (unpaired) electrons. The highest BCUT2D eigenvalue weighted by Crippen LogP contribution is 2.28. The van der Waals surface area contributed by atoms with Crippen LogP contribution in [0.25, 0.3) is 0 Å². The van der Waals surface area contributed by atoms with Gasteiger partial charge in [-0.05, 0) is 26.2 Å². The Morgan fingerprint density at radius 2 is 1.94 bits per heavy atom. The number of hydrogen-bond donors (Lipinski definition) is 1. The fourth-order valence-electron chi connectivity index (χ4n) is 1.49. The van der Waals surface area contributed by atoms with Crippen molar-refractivity contribution >= 4 is 30.5 Å². The molecule has 0 aromatic heterocycles. The van der Waals surface area contributed by atoms with Gasteiger partial charge in [0, 0.05) is 12.1 Å². The van der Waals surface area contributed by atoms with Crippen molar-refractivity contribution in [2.75, 3.05) is 26.9 Å². The molecule has 2 N–H and O–H groups in total. The Bertz CT molecular complexity index is 402. The van der Waals surface area contributed by atoms with E-state index >= 15 is 0 Å². The van der Waals surface area contributed by atoms with E-state index in [-0.39, 0.29) is 24.8 Å². The molecule has 0 unspecified atom stereocenters. The summed E-state index contributed by atoms with van der Waals surface area (Å²) < 4.78 is 5.22. The lowest BCUT2D eigenvalue weighted by Crippen LogP contribution is -2.12. The van der Waals surface area contributed by atoms with Crippen molar-refractivity contribution in [2.45, 2.75) is 6.54 Å². The molecule has 0 aliphatic carbocycles.